The average Bonchev–Trinajstić information content (AvgIpc) is 2.54. The van der Waals surface area contributed by atoms with Crippen molar-refractivity contribution in [2.75, 3.05) is 29.9 Å². The maximum absolute atomic E-state index is 13.3. The number of likely N-dealkylation sites (N-methyl/N-ethyl adjacent to an activating group) is 1. The van der Waals surface area contributed by atoms with Gasteiger partial charge >= 0.3 is 6.03 Å². The van der Waals surface area contributed by atoms with Crippen LogP contribution in [0.5, 0.6) is 0 Å². The number of halogens is 2. The molecular formula is C17H19BrFN3O. The van der Waals surface area contributed by atoms with Crippen LogP contribution >= 0.6 is 15.9 Å². The van der Waals surface area contributed by atoms with E-state index in [1.54, 1.807) is 6.07 Å². The van der Waals surface area contributed by atoms with Gasteiger partial charge in [0, 0.05) is 29.8 Å². The SMILES string of the molecule is CCN(CCNC(=O)Nc1ccccc1Br)c1cccc(F)c1. The number of carbonyl (C=O) groups excluding carboxylic acids is 1. The van der Waals surface area contributed by atoms with Crippen molar-refractivity contribution < 1.29 is 9.18 Å². The number of benzene rings is 2. The highest BCUT2D eigenvalue weighted by molar-refractivity contribution is 9.10. The van der Waals surface area contributed by atoms with E-state index in [0.717, 1.165) is 16.7 Å². The molecule has 0 radical (unpaired) electrons. The van der Waals surface area contributed by atoms with Gasteiger partial charge in [-0.05, 0) is 53.2 Å². The Kier molecular flexibility index (Phi) is 6.40. The highest BCUT2D eigenvalue weighted by atomic mass is 79.9. The van der Waals surface area contributed by atoms with E-state index in [1.165, 1.54) is 12.1 Å². The zero-order valence-corrected chi connectivity index (χ0v) is 14.4. The van der Waals surface area contributed by atoms with Gasteiger partial charge < -0.3 is 15.5 Å². The molecule has 23 heavy (non-hydrogen) atoms. The van der Waals surface area contributed by atoms with Crippen molar-refractivity contribution in [1.82, 2.24) is 5.32 Å². The lowest BCUT2D eigenvalue weighted by Crippen LogP contribution is -2.37. The van der Waals surface area contributed by atoms with E-state index in [4.69, 9.17) is 0 Å². The highest BCUT2D eigenvalue weighted by Gasteiger charge is 2.07. The van der Waals surface area contributed by atoms with Gasteiger partial charge in [0.15, 0.2) is 0 Å². The fraction of sp³-hybridized carbons (Fsp3) is 0.235. The zero-order chi connectivity index (χ0) is 16.7. The van der Waals surface area contributed by atoms with Gasteiger partial charge in [0.05, 0.1) is 5.69 Å². The van der Waals surface area contributed by atoms with Crippen LogP contribution in [0, 0.1) is 5.82 Å². The molecule has 0 bridgehead atoms. The second-order valence-electron chi connectivity index (χ2n) is 4.92. The number of carbonyl (C=O) groups is 1. The van der Waals surface area contributed by atoms with Crippen LogP contribution in [-0.4, -0.2) is 25.7 Å². The molecule has 0 unspecified atom stereocenters. The number of hydrogen-bond donors (Lipinski definition) is 2. The van der Waals surface area contributed by atoms with E-state index in [-0.39, 0.29) is 11.8 Å². The van der Waals surface area contributed by atoms with Crippen molar-refractivity contribution >= 4 is 33.3 Å². The van der Waals surface area contributed by atoms with E-state index in [2.05, 4.69) is 26.6 Å². The molecule has 0 saturated carbocycles. The summed E-state index contributed by atoms with van der Waals surface area (Å²) < 4.78 is 14.1. The predicted octanol–water partition coefficient (Wildman–Crippen LogP) is 4.24. The van der Waals surface area contributed by atoms with Gasteiger partial charge in [-0.2, -0.15) is 0 Å². The summed E-state index contributed by atoms with van der Waals surface area (Å²) >= 11 is 3.38. The Hall–Kier alpha value is -2.08. The fourth-order valence-corrected chi connectivity index (χ4v) is 2.56. The number of amides is 2. The fourth-order valence-electron chi connectivity index (χ4n) is 2.18. The molecule has 0 heterocycles. The molecule has 0 spiro atoms. The van der Waals surface area contributed by atoms with E-state index < -0.39 is 0 Å². The van der Waals surface area contributed by atoms with Gasteiger partial charge in [0.25, 0.3) is 0 Å². The Bertz CT molecular complexity index is 666. The van der Waals surface area contributed by atoms with Gasteiger partial charge in [-0.3, -0.25) is 0 Å². The summed E-state index contributed by atoms with van der Waals surface area (Å²) in [5.74, 6) is -0.263. The lowest BCUT2D eigenvalue weighted by atomic mass is 10.2. The smallest absolute Gasteiger partial charge is 0.319 e. The van der Waals surface area contributed by atoms with Crippen LogP contribution in [0.15, 0.2) is 53.0 Å². The van der Waals surface area contributed by atoms with Gasteiger partial charge in [0.2, 0.25) is 0 Å². The van der Waals surface area contributed by atoms with Crippen molar-refractivity contribution in [3.8, 4) is 0 Å². The molecule has 2 rings (SSSR count). The topological polar surface area (TPSA) is 44.4 Å². The highest BCUT2D eigenvalue weighted by Crippen LogP contribution is 2.20. The van der Waals surface area contributed by atoms with Crippen LogP contribution in [0.3, 0.4) is 0 Å². The van der Waals surface area contributed by atoms with Crippen LogP contribution in [0.25, 0.3) is 0 Å². The zero-order valence-electron chi connectivity index (χ0n) is 12.9. The van der Waals surface area contributed by atoms with Crippen molar-refractivity contribution in [3.05, 3.63) is 58.8 Å². The monoisotopic (exact) mass is 379 g/mol. The minimum absolute atomic E-state index is 0.263. The second kappa shape index (κ2) is 8.53. The molecule has 122 valence electrons. The van der Waals surface area contributed by atoms with E-state index in [9.17, 15) is 9.18 Å². The molecular weight excluding hydrogens is 361 g/mol. The van der Waals surface area contributed by atoms with Crippen LogP contribution < -0.4 is 15.5 Å². The first-order chi connectivity index (χ1) is 11.1. The third kappa shape index (κ3) is 5.25. The van der Waals surface area contributed by atoms with Gasteiger partial charge in [-0.25, -0.2) is 9.18 Å². The Balaban J connectivity index is 1.83. The molecule has 0 saturated heterocycles. The molecule has 0 aliphatic carbocycles. The molecule has 2 N–H and O–H groups in total. The molecule has 0 aromatic heterocycles. The van der Waals surface area contributed by atoms with Crippen LogP contribution in [0.2, 0.25) is 0 Å². The number of nitrogens with one attached hydrogen (secondary N) is 2. The Morgan fingerprint density at radius 3 is 2.70 bits per heavy atom. The molecule has 0 atom stereocenters. The Labute approximate surface area is 143 Å². The first-order valence-corrected chi connectivity index (χ1v) is 8.19. The third-order valence-corrected chi connectivity index (χ3v) is 4.04. The molecule has 0 fully saturated rings. The van der Waals surface area contributed by atoms with Gasteiger partial charge in [-0.15, -0.1) is 0 Å². The minimum Gasteiger partial charge on any atom is -0.370 e. The van der Waals surface area contributed by atoms with Crippen molar-refractivity contribution in [3.63, 3.8) is 0 Å². The Morgan fingerprint density at radius 1 is 1.22 bits per heavy atom. The number of nitrogens with zero attached hydrogens (tertiary/aromatic N) is 1. The molecule has 4 nitrogen and oxygen atoms in total. The van der Waals surface area contributed by atoms with Crippen molar-refractivity contribution in [2.24, 2.45) is 0 Å². The lowest BCUT2D eigenvalue weighted by molar-refractivity contribution is 0.252. The maximum Gasteiger partial charge on any atom is 0.319 e. The third-order valence-electron chi connectivity index (χ3n) is 3.34. The predicted molar refractivity (Wildman–Crippen MR) is 95.5 cm³/mol. The van der Waals surface area contributed by atoms with Crippen molar-refractivity contribution in [1.29, 1.82) is 0 Å². The first-order valence-electron chi connectivity index (χ1n) is 7.40. The summed E-state index contributed by atoms with van der Waals surface area (Å²) in [4.78, 5) is 13.9. The van der Waals surface area contributed by atoms with Crippen LogP contribution in [0.1, 0.15) is 6.92 Å². The lowest BCUT2D eigenvalue weighted by Gasteiger charge is -2.23. The van der Waals surface area contributed by atoms with Gasteiger partial charge in [-0.1, -0.05) is 18.2 Å². The summed E-state index contributed by atoms with van der Waals surface area (Å²) in [6.07, 6.45) is 0. The van der Waals surface area contributed by atoms with E-state index in [1.807, 2.05) is 42.2 Å². The maximum atomic E-state index is 13.3. The number of anilines is 2. The van der Waals surface area contributed by atoms with Crippen LogP contribution in [-0.2, 0) is 0 Å². The number of urea groups is 1. The Morgan fingerprint density at radius 2 is 2.00 bits per heavy atom. The first kappa shape index (κ1) is 17.3. The minimum atomic E-state index is -0.271. The number of hydrogen-bond acceptors (Lipinski definition) is 2. The molecule has 2 aromatic carbocycles. The summed E-state index contributed by atoms with van der Waals surface area (Å²) in [5.41, 5.74) is 1.52. The molecule has 6 heteroatoms. The van der Waals surface area contributed by atoms with E-state index in [0.29, 0.717) is 18.8 Å². The van der Waals surface area contributed by atoms with E-state index >= 15 is 0 Å². The normalized spacial score (nSPS) is 10.2. The van der Waals surface area contributed by atoms with Gasteiger partial charge in [0.1, 0.15) is 5.82 Å². The second-order valence-corrected chi connectivity index (χ2v) is 5.77. The molecule has 2 amide bonds. The quantitative estimate of drug-likeness (QED) is 0.788. The van der Waals surface area contributed by atoms with Crippen LogP contribution in [0.4, 0.5) is 20.6 Å². The number of rotatable bonds is 6. The number of para-hydroxylation sites is 1. The summed E-state index contributed by atoms with van der Waals surface area (Å²) in [6.45, 7) is 3.78. The summed E-state index contributed by atoms with van der Waals surface area (Å²) in [7, 11) is 0. The standard InChI is InChI=1S/C17H19BrFN3O/c1-2-22(14-7-5-6-13(19)12-14)11-10-20-17(23)21-16-9-4-3-8-15(16)18/h3-9,12H,2,10-11H2,1H3,(H2,20,21,23). The molecule has 0 aliphatic heterocycles. The molecule has 2 aromatic rings. The van der Waals surface area contributed by atoms with Crippen molar-refractivity contribution in [2.45, 2.75) is 6.92 Å². The summed E-state index contributed by atoms with van der Waals surface area (Å²) in [5, 5.41) is 5.58. The summed E-state index contributed by atoms with van der Waals surface area (Å²) in [6, 6.07) is 13.6. The average molecular weight is 380 g/mol. The molecule has 0 aliphatic rings. The largest absolute Gasteiger partial charge is 0.370 e.